The number of hydrogen-bond donors (Lipinski definition) is 4. The summed E-state index contributed by atoms with van der Waals surface area (Å²) in [5.41, 5.74) is 8.28. The van der Waals surface area contributed by atoms with Crippen molar-refractivity contribution in [3.8, 4) is 11.1 Å². The van der Waals surface area contributed by atoms with Gasteiger partial charge in [0.15, 0.2) is 0 Å². The average molecular weight is 352 g/mol. The molecule has 0 radical (unpaired) electrons. The predicted octanol–water partition coefficient (Wildman–Crippen LogP) is 1.80. The number of aliphatic hydroxyl groups excluding tert-OH is 1. The third-order valence-electron chi connectivity index (χ3n) is 4.14. The topological polar surface area (TPSA) is 121 Å². The lowest BCUT2D eigenvalue weighted by Gasteiger charge is -2.12. The standard InChI is InChI=1S/C19H20N4O3/c1-2-7-22-18(25)15-16(20)14-5-3-4-13(17(14)23-19(15)26)11-6-8-21-12(9-11)10-24/h3-6,8-9,24H,2,7,10H2,1H3,(H,22,25)(H3,20,23,26). The SMILES string of the molecule is CCCNC(=O)c1c(N)c2cccc(-c3ccnc(CO)c3)c2[nH]c1=O. The summed E-state index contributed by atoms with van der Waals surface area (Å²) in [5, 5.41) is 12.6. The lowest BCUT2D eigenvalue weighted by Crippen LogP contribution is -2.31. The minimum absolute atomic E-state index is 0.0751. The number of nitrogens with one attached hydrogen (secondary N) is 2. The van der Waals surface area contributed by atoms with Gasteiger partial charge in [-0.3, -0.25) is 14.6 Å². The van der Waals surface area contributed by atoms with Crippen LogP contribution in [0.4, 0.5) is 5.69 Å². The smallest absolute Gasteiger partial charge is 0.263 e. The lowest BCUT2D eigenvalue weighted by atomic mass is 10.00. The first-order chi connectivity index (χ1) is 12.6. The zero-order valence-corrected chi connectivity index (χ0v) is 14.4. The Morgan fingerprint density at radius 1 is 1.35 bits per heavy atom. The molecule has 3 aromatic rings. The van der Waals surface area contributed by atoms with E-state index in [1.54, 1.807) is 30.5 Å². The minimum atomic E-state index is -0.535. The van der Waals surface area contributed by atoms with E-state index < -0.39 is 11.5 Å². The molecule has 1 amide bonds. The van der Waals surface area contributed by atoms with E-state index in [0.29, 0.717) is 23.1 Å². The summed E-state index contributed by atoms with van der Waals surface area (Å²) >= 11 is 0. The van der Waals surface area contributed by atoms with Crippen molar-refractivity contribution in [1.82, 2.24) is 15.3 Å². The molecule has 5 N–H and O–H groups in total. The Balaban J connectivity index is 2.20. The summed E-state index contributed by atoms with van der Waals surface area (Å²) in [6.45, 7) is 2.21. The number of nitrogens with two attached hydrogens (primary N) is 1. The quantitative estimate of drug-likeness (QED) is 0.558. The Morgan fingerprint density at radius 3 is 2.88 bits per heavy atom. The third-order valence-corrected chi connectivity index (χ3v) is 4.14. The van der Waals surface area contributed by atoms with Gasteiger partial charge in [-0.25, -0.2) is 0 Å². The van der Waals surface area contributed by atoms with Crippen LogP contribution in [0.3, 0.4) is 0 Å². The van der Waals surface area contributed by atoms with Crippen LogP contribution in [0.1, 0.15) is 29.4 Å². The summed E-state index contributed by atoms with van der Waals surface area (Å²) in [6, 6.07) is 8.93. The Labute approximate surface area is 149 Å². The van der Waals surface area contributed by atoms with Crippen molar-refractivity contribution in [2.75, 3.05) is 12.3 Å². The van der Waals surface area contributed by atoms with E-state index in [1.165, 1.54) is 0 Å². The van der Waals surface area contributed by atoms with Crippen molar-refractivity contribution in [2.45, 2.75) is 20.0 Å². The normalized spacial score (nSPS) is 10.8. The molecule has 26 heavy (non-hydrogen) atoms. The molecule has 0 unspecified atom stereocenters. The molecule has 2 aromatic heterocycles. The van der Waals surface area contributed by atoms with Gasteiger partial charge in [-0.2, -0.15) is 0 Å². The molecule has 7 nitrogen and oxygen atoms in total. The molecule has 2 heterocycles. The number of pyridine rings is 2. The average Bonchev–Trinajstić information content (AvgIpc) is 2.66. The fourth-order valence-corrected chi connectivity index (χ4v) is 2.87. The number of aromatic nitrogens is 2. The van der Waals surface area contributed by atoms with Crippen molar-refractivity contribution in [3.63, 3.8) is 0 Å². The number of rotatable bonds is 5. The number of aliphatic hydroxyl groups is 1. The first-order valence-corrected chi connectivity index (χ1v) is 8.35. The van der Waals surface area contributed by atoms with Crippen LogP contribution in [0.5, 0.6) is 0 Å². The zero-order valence-electron chi connectivity index (χ0n) is 14.4. The molecule has 134 valence electrons. The second-order valence-corrected chi connectivity index (χ2v) is 5.92. The molecule has 0 aliphatic rings. The molecular weight excluding hydrogens is 332 g/mol. The molecule has 0 aliphatic heterocycles. The van der Waals surface area contributed by atoms with Gasteiger partial charge in [-0.1, -0.05) is 25.1 Å². The number of nitrogen functional groups attached to an aromatic ring is 1. The second kappa shape index (κ2) is 7.37. The van der Waals surface area contributed by atoms with Crippen molar-refractivity contribution in [3.05, 3.63) is 58.1 Å². The van der Waals surface area contributed by atoms with Crippen LogP contribution in [0.15, 0.2) is 41.3 Å². The van der Waals surface area contributed by atoms with Crippen LogP contribution in [0.2, 0.25) is 0 Å². The molecule has 0 bridgehead atoms. The van der Waals surface area contributed by atoms with E-state index in [9.17, 15) is 14.7 Å². The summed E-state index contributed by atoms with van der Waals surface area (Å²) in [5.74, 6) is -0.482. The van der Waals surface area contributed by atoms with Crippen LogP contribution < -0.4 is 16.6 Å². The highest BCUT2D eigenvalue weighted by atomic mass is 16.3. The van der Waals surface area contributed by atoms with Gasteiger partial charge >= 0.3 is 0 Å². The lowest BCUT2D eigenvalue weighted by molar-refractivity contribution is 0.0953. The number of nitrogens with zero attached hydrogens (tertiary/aromatic N) is 1. The van der Waals surface area contributed by atoms with Gasteiger partial charge in [0.2, 0.25) is 0 Å². The number of para-hydroxylation sites is 1. The van der Waals surface area contributed by atoms with Gasteiger partial charge in [0.1, 0.15) is 5.56 Å². The number of H-pyrrole nitrogens is 1. The molecule has 3 rings (SSSR count). The number of fused-ring (bicyclic) bond motifs is 1. The number of anilines is 1. The Kier molecular flexibility index (Phi) is 4.99. The second-order valence-electron chi connectivity index (χ2n) is 5.92. The maximum atomic E-state index is 12.5. The molecule has 7 heteroatoms. The maximum Gasteiger partial charge on any atom is 0.263 e. The fourth-order valence-electron chi connectivity index (χ4n) is 2.87. The molecule has 0 saturated heterocycles. The first kappa shape index (κ1) is 17.6. The van der Waals surface area contributed by atoms with E-state index in [-0.39, 0.29) is 17.9 Å². The largest absolute Gasteiger partial charge is 0.397 e. The van der Waals surface area contributed by atoms with Crippen LogP contribution in [0.25, 0.3) is 22.0 Å². The molecule has 0 spiro atoms. The van der Waals surface area contributed by atoms with Gasteiger partial charge in [0.05, 0.1) is 23.5 Å². The number of carbonyl (C=O) groups excluding carboxylic acids is 1. The van der Waals surface area contributed by atoms with E-state index in [0.717, 1.165) is 17.5 Å². The number of hydrogen-bond acceptors (Lipinski definition) is 5. The number of aromatic amines is 1. The van der Waals surface area contributed by atoms with Gasteiger partial charge in [0, 0.05) is 23.7 Å². The van der Waals surface area contributed by atoms with E-state index in [2.05, 4.69) is 15.3 Å². The van der Waals surface area contributed by atoms with E-state index in [1.807, 2.05) is 13.0 Å². The van der Waals surface area contributed by atoms with Crippen LogP contribution >= 0.6 is 0 Å². The number of carbonyl (C=O) groups is 1. The number of amides is 1. The van der Waals surface area contributed by atoms with Crippen molar-refractivity contribution < 1.29 is 9.90 Å². The summed E-state index contributed by atoms with van der Waals surface area (Å²) < 4.78 is 0. The van der Waals surface area contributed by atoms with Gasteiger partial charge in [-0.15, -0.1) is 0 Å². The maximum absolute atomic E-state index is 12.5. The molecular formula is C19H20N4O3. The Bertz CT molecular complexity index is 1030. The van der Waals surface area contributed by atoms with Crippen LogP contribution in [-0.4, -0.2) is 27.5 Å². The molecule has 0 atom stereocenters. The van der Waals surface area contributed by atoms with E-state index in [4.69, 9.17) is 5.73 Å². The molecule has 0 fully saturated rings. The monoisotopic (exact) mass is 352 g/mol. The van der Waals surface area contributed by atoms with Crippen LogP contribution in [0, 0.1) is 0 Å². The summed E-state index contributed by atoms with van der Waals surface area (Å²) in [7, 11) is 0. The number of benzene rings is 1. The summed E-state index contributed by atoms with van der Waals surface area (Å²) in [4.78, 5) is 31.6. The molecule has 0 saturated carbocycles. The van der Waals surface area contributed by atoms with Gasteiger partial charge in [0.25, 0.3) is 11.5 Å². The highest BCUT2D eigenvalue weighted by Gasteiger charge is 2.18. The zero-order chi connectivity index (χ0) is 18.7. The third kappa shape index (κ3) is 3.16. The highest BCUT2D eigenvalue weighted by molar-refractivity contribution is 6.08. The van der Waals surface area contributed by atoms with Crippen molar-refractivity contribution in [1.29, 1.82) is 0 Å². The minimum Gasteiger partial charge on any atom is -0.397 e. The predicted molar refractivity (Wildman–Crippen MR) is 101 cm³/mol. The van der Waals surface area contributed by atoms with Crippen LogP contribution in [-0.2, 0) is 6.61 Å². The highest BCUT2D eigenvalue weighted by Crippen LogP contribution is 2.30. The first-order valence-electron chi connectivity index (χ1n) is 8.35. The summed E-state index contributed by atoms with van der Waals surface area (Å²) in [6.07, 6.45) is 2.35. The van der Waals surface area contributed by atoms with Crippen molar-refractivity contribution in [2.24, 2.45) is 0 Å². The van der Waals surface area contributed by atoms with Gasteiger partial charge in [-0.05, 0) is 24.1 Å². The van der Waals surface area contributed by atoms with Crippen molar-refractivity contribution >= 4 is 22.5 Å². The van der Waals surface area contributed by atoms with E-state index >= 15 is 0 Å². The van der Waals surface area contributed by atoms with Gasteiger partial charge < -0.3 is 21.1 Å². The molecule has 1 aromatic carbocycles. The Morgan fingerprint density at radius 2 is 2.15 bits per heavy atom. The Hall–Kier alpha value is -3.19. The molecule has 0 aliphatic carbocycles. The fraction of sp³-hybridized carbons (Fsp3) is 0.211.